The Bertz CT molecular complexity index is 730. The van der Waals surface area contributed by atoms with E-state index >= 15 is 0 Å². The number of carbonyl (C=O) groups is 1. The van der Waals surface area contributed by atoms with E-state index in [9.17, 15) is 18.7 Å². The Morgan fingerprint density at radius 3 is 2.82 bits per heavy atom. The number of carbonyl (C=O) groups excluding carboxylic acids is 1. The molecule has 2 aromatic rings. The van der Waals surface area contributed by atoms with E-state index in [1.54, 1.807) is 7.05 Å². The molecule has 0 spiro atoms. The van der Waals surface area contributed by atoms with E-state index in [-0.39, 0.29) is 29.3 Å². The van der Waals surface area contributed by atoms with Gasteiger partial charge >= 0.3 is 0 Å². The number of hydrogen-bond donors (Lipinski definition) is 1. The fourth-order valence-corrected chi connectivity index (χ4v) is 2.62. The molecular formula is C15H15F2N3O2. The number of β-amino-alcohol motifs (C(OH)–C–C–N with tert-alkyl or cyclic N) is 1. The van der Waals surface area contributed by atoms with Crippen molar-refractivity contribution >= 4 is 5.91 Å². The smallest absolute Gasteiger partial charge is 0.257 e. The van der Waals surface area contributed by atoms with Gasteiger partial charge < -0.3 is 10.0 Å². The quantitative estimate of drug-likeness (QED) is 0.916. The SMILES string of the molecule is Cn1cc(C(=O)N2CC[C@@H](O)C2)c(-c2ccc(F)cc2F)n1. The summed E-state index contributed by atoms with van der Waals surface area (Å²) in [5.74, 6) is -1.77. The Balaban J connectivity index is 2.01. The summed E-state index contributed by atoms with van der Waals surface area (Å²) < 4.78 is 28.4. The second kappa shape index (κ2) is 5.49. The largest absolute Gasteiger partial charge is 0.391 e. The fraction of sp³-hybridized carbons (Fsp3) is 0.333. The van der Waals surface area contributed by atoms with Crippen molar-refractivity contribution in [2.75, 3.05) is 13.1 Å². The van der Waals surface area contributed by atoms with Gasteiger partial charge in [0.15, 0.2) is 0 Å². The van der Waals surface area contributed by atoms with E-state index in [1.165, 1.54) is 21.8 Å². The number of aromatic nitrogens is 2. The summed E-state index contributed by atoms with van der Waals surface area (Å²) in [6, 6.07) is 3.15. The fourth-order valence-electron chi connectivity index (χ4n) is 2.62. The molecule has 1 N–H and O–H groups in total. The Hall–Kier alpha value is -2.28. The molecule has 7 heteroatoms. The number of aliphatic hydroxyl groups is 1. The first-order valence-corrected chi connectivity index (χ1v) is 6.92. The highest BCUT2D eigenvalue weighted by molar-refractivity contribution is 6.00. The van der Waals surface area contributed by atoms with Crippen LogP contribution in [-0.2, 0) is 7.05 Å². The molecule has 116 valence electrons. The van der Waals surface area contributed by atoms with E-state index in [1.807, 2.05) is 0 Å². The van der Waals surface area contributed by atoms with Gasteiger partial charge in [-0.2, -0.15) is 5.10 Å². The lowest BCUT2D eigenvalue weighted by atomic mass is 10.1. The molecule has 0 unspecified atom stereocenters. The molecular weight excluding hydrogens is 292 g/mol. The maximum atomic E-state index is 14.0. The standard InChI is InChI=1S/C15H15F2N3O2/c1-19-8-12(15(22)20-5-4-10(21)7-20)14(18-19)11-3-2-9(16)6-13(11)17/h2-3,6,8,10,21H,4-5,7H2,1H3/t10-/m1/s1. The highest BCUT2D eigenvalue weighted by Crippen LogP contribution is 2.27. The molecule has 0 saturated carbocycles. The second-order valence-corrected chi connectivity index (χ2v) is 5.38. The van der Waals surface area contributed by atoms with Crippen LogP contribution >= 0.6 is 0 Å². The molecule has 5 nitrogen and oxygen atoms in total. The average Bonchev–Trinajstić information content (AvgIpc) is 3.04. The lowest BCUT2D eigenvalue weighted by Gasteiger charge is -2.15. The third kappa shape index (κ3) is 2.59. The molecule has 1 aromatic carbocycles. The molecule has 1 aliphatic rings. The van der Waals surface area contributed by atoms with Crippen molar-refractivity contribution < 1.29 is 18.7 Å². The van der Waals surface area contributed by atoms with Crippen molar-refractivity contribution in [3.63, 3.8) is 0 Å². The van der Waals surface area contributed by atoms with Crippen LogP contribution in [0.1, 0.15) is 16.8 Å². The van der Waals surface area contributed by atoms with Crippen molar-refractivity contribution in [1.29, 1.82) is 0 Å². The molecule has 3 rings (SSSR count). The lowest BCUT2D eigenvalue weighted by molar-refractivity contribution is 0.0765. The topological polar surface area (TPSA) is 58.4 Å². The van der Waals surface area contributed by atoms with Crippen LogP contribution in [0.2, 0.25) is 0 Å². The molecule has 1 aliphatic heterocycles. The van der Waals surface area contributed by atoms with Gasteiger partial charge in [0.1, 0.15) is 17.3 Å². The van der Waals surface area contributed by atoms with Gasteiger partial charge in [-0.1, -0.05) is 0 Å². The van der Waals surface area contributed by atoms with Crippen molar-refractivity contribution in [2.24, 2.45) is 7.05 Å². The van der Waals surface area contributed by atoms with Gasteiger partial charge in [0.05, 0.1) is 11.7 Å². The minimum absolute atomic E-state index is 0.0742. The van der Waals surface area contributed by atoms with Crippen LogP contribution in [-0.4, -0.2) is 44.9 Å². The van der Waals surface area contributed by atoms with Gasteiger partial charge in [-0.15, -0.1) is 0 Å². The maximum Gasteiger partial charge on any atom is 0.257 e. The molecule has 1 aromatic heterocycles. The van der Waals surface area contributed by atoms with Crippen LogP contribution < -0.4 is 0 Å². The Kier molecular flexibility index (Phi) is 3.66. The molecule has 1 saturated heterocycles. The molecule has 2 heterocycles. The summed E-state index contributed by atoms with van der Waals surface area (Å²) in [6.07, 6.45) is 1.49. The number of likely N-dealkylation sites (tertiary alicyclic amines) is 1. The number of hydrogen-bond acceptors (Lipinski definition) is 3. The first-order chi connectivity index (χ1) is 10.5. The van der Waals surface area contributed by atoms with Crippen molar-refractivity contribution in [3.05, 3.63) is 41.6 Å². The molecule has 22 heavy (non-hydrogen) atoms. The predicted octanol–water partition coefficient (Wildman–Crippen LogP) is 1.57. The molecule has 0 aliphatic carbocycles. The summed E-state index contributed by atoms with van der Waals surface area (Å²) in [7, 11) is 1.63. The summed E-state index contributed by atoms with van der Waals surface area (Å²) in [5, 5.41) is 13.7. The highest BCUT2D eigenvalue weighted by Gasteiger charge is 2.29. The minimum atomic E-state index is -0.769. The van der Waals surface area contributed by atoms with Gasteiger partial charge in [-0.05, 0) is 18.6 Å². The number of aryl methyl sites for hydroxylation is 1. The highest BCUT2D eigenvalue weighted by atomic mass is 19.1. The summed E-state index contributed by atoms with van der Waals surface area (Å²) >= 11 is 0. The van der Waals surface area contributed by atoms with E-state index in [0.29, 0.717) is 13.0 Å². The minimum Gasteiger partial charge on any atom is -0.391 e. The van der Waals surface area contributed by atoms with Crippen molar-refractivity contribution in [3.8, 4) is 11.3 Å². The first kappa shape index (κ1) is 14.6. The van der Waals surface area contributed by atoms with Crippen LogP contribution in [0, 0.1) is 11.6 Å². The zero-order valence-electron chi connectivity index (χ0n) is 12.0. The van der Waals surface area contributed by atoms with Crippen molar-refractivity contribution in [2.45, 2.75) is 12.5 Å². The van der Waals surface area contributed by atoms with Crippen LogP contribution in [0.15, 0.2) is 24.4 Å². The Labute approximate surface area is 125 Å². The van der Waals surface area contributed by atoms with Crippen LogP contribution in [0.25, 0.3) is 11.3 Å². The molecule has 0 radical (unpaired) electrons. The number of rotatable bonds is 2. The van der Waals surface area contributed by atoms with Crippen molar-refractivity contribution in [1.82, 2.24) is 14.7 Å². The number of amides is 1. The zero-order valence-corrected chi connectivity index (χ0v) is 12.0. The predicted molar refractivity (Wildman–Crippen MR) is 75.1 cm³/mol. The Morgan fingerprint density at radius 2 is 2.18 bits per heavy atom. The normalized spacial score (nSPS) is 18.0. The summed E-state index contributed by atoms with van der Waals surface area (Å²) in [5.41, 5.74) is 0.485. The molecule has 0 bridgehead atoms. The van der Waals surface area contributed by atoms with Gasteiger partial charge in [-0.3, -0.25) is 9.48 Å². The third-order valence-electron chi connectivity index (χ3n) is 3.70. The van der Waals surface area contributed by atoms with E-state index < -0.39 is 17.7 Å². The number of benzene rings is 1. The number of halogens is 2. The van der Waals surface area contributed by atoms with Crippen LogP contribution in [0.5, 0.6) is 0 Å². The first-order valence-electron chi connectivity index (χ1n) is 6.92. The zero-order chi connectivity index (χ0) is 15.9. The van der Waals surface area contributed by atoms with Crippen LogP contribution in [0.4, 0.5) is 8.78 Å². The molecule has 1 fully saturated rings. The van der Waals surface area contributed by atoms with E-state index in [4.69, 9.17) is 0 Å². The molecule has 1 atom stereocenters. The Morgan fingerprint density at radius 1 is 1.41 bits per heavy atom. The van der Waals surface area contributed by atoms with Gasteiger partial charge in [0, 0.05) is 38.0 Å². The monoisotopic (exact) mass is 307 g/mol. The lowest BCUT2D eigenvalue weighted by Crippen LogP contribution is -2.29. The average molecular weight is 307 g/mol. The molecule has 1 amide bonds. The number of aliphatic hydroxyl groups excluding tert-OH is 1. The van der Waals surface area contributed by atoms with E-state index in [0.717, 1.165) is 12.1 Å². The number of nitrogens with zero attached hydrogens (tertiary/aromatic N) is 3. The maximum absolute atomic E-state index is 14.0. The summed E-state index contributed by atoms with van der Waals surface area (Å²) in [6.45, 7) is 0.694. The van der Waals surface area contributed by atoms with Crippen LogP contribution in [0.3, 0.4) is 0 Å². The third-order valence-corrected chi connectivity index (χ3v) is 3.70. The van der Waals surface area contributed by atoms with Gasteiger partial charge in [0.25, 0.3) is 5.91 Å². The van der Waals surface area contributed by atoms with E-state index in [2.05, 4.69) is 5.10 Å². The van der Waals surface area contributed by atoms with Gasteiger partial charge in [0.2, 0.25) is 0 Å². The van der Waals surface area contributed by atoms with Gasteiger partial charge in [-0.25, -0.2) is 8.78 Å². The second-order valence-electron chi connectivity index (χ2n) is 5.38. The summed E-state index contributed by atoms with van der Waals surface area (Å²) in [4.78, 5) is 14.0.